The summed E-state index contributed by atoms with van der Waals surface area (Å²) < 4.78 is 16.2. The third kappa shape index (κ3) is 5.82. The Morgan fingerprint density at radius 3 is 2.65 bits per heavy atom. The summed E-state index contributed by atoms with van der Waals surface area (Å²) in [6.07, 6.45) is 5.72. The third-order valence-electron chi connectivity index (χ3n) is 6.64. The zero-order chi connectivity index (χ0) is 23.9. The molecule has 2 aliphatic rings. The number of carbonyl (C=O) groups excluding carboxylic acids is 2. The van der Waals surface area contributed by atoms with E-state index in [1.54, 1.807) is 12.0 Å². The van der Waals surface area contributed by atoms with E-state index < -0.39 is 6.04 Å². The molecule has 1 aliphatic carbocycles. The predicted molar refractivity (Wildman–Crippen MR) is 129 cm³/mol. The summed E-state index contributed by atoms with van der Waals surface area (Å²) in [4.78, 5) is 28.5. The van der Waals surface area contributed by atoms with Gasteiger partial charge in [0.15, 0.2) is 11.5 Å². The summed E-state index contributed by atoms with van der Waals surface area (Å²) >= 11 is 0. The number of methoxy groups -OCH3 is 1. The number of amides is 2. The van der Waals surface area contributed by atoms with Gasteiger partial charge in [0.05, 0.1) is 7.11 Å². The average molecular weight is 467 g/mol. The fourth-order valence-corrected chi connectivity index (χ4v) is 4.75. The molecule has 4 rings (SSSR count). The Morgan fingerprint density at radius 1 is 1.09 bits per heavy atom. The Bertz CT molecular complexity index is 1000. The van der Waals surface area contributed by atoms with Crippen molar-refractivity contribution in [3.63, 3.8) is 0 Å². The normalized spacial score (nSPS) is 15.7. The van der Waals surface area contributed by atoms with E-state index in [-0.39, 0.29) is 24.6 Å². The Balaban J connectivity index is 1.49. The van der Waals surface area contributed by atoms with Crippen LogP contribution in [0.3, 0.4) is 0 Å². The van der Waals surface area contributed by atoms with Gasteiger partial charge in [0.2, 0.25) is 18.6 Å². The fourth-order valence-electron chi connectivity index (χ4n) is 4.75. The van der Waals surface area contributed by atoms with E-state index in [1.165, 1.54) is 0 Å². The SMILES string of the molecule is CC[C@H](C(=O)NC1CCCC1)N(Cc1cccc(OC)c1)C(=O)CCc1ccc2c(c1)OCO2. The molecule has 0 bridgehead atoms. The van der Waals surface area contributed by atoms with Gasteiger partial charge in [0.25, 0.3) is 0 Å². The van der Waals surface area contributed by atoms with E-state index in [2.05, 4.69) is 5.32 Å². The summed E-state index contributed by atoms with van der Waals surface area (Å²) in [6, 6.07) is 13.1. The van der Waals surface area contributed by atoms with Crippen molar-refractivity contribution in [1.29, 1.82) is 0 Å². The van der Waals surface area contributed by atoms with Crippen molar-refractivity contribution in [3.05, 3.63) is 53.6 Å². The highest BCUT2D eigenvalue weighted by Gasteiger charge is 2.30. The maximum absolute atomic E-state index is 13.5. The van der Waals surface area contributed by atoms with Gasteiger partial charge in [-0.1, -0.05) is 38.0 Å². The standard InChI is InChI=1S/C27H34N2O5/c1-3-23(27(31)28-21-8-4-5-9-21)29(17-20-7-6-10-22(15-20)32-2)26(30)14-12-19-11-13-24-25(16-19)34-18-33-24/h6-7,10-11,13,15-16,21,23H,3-5,8-9,12,14,17-18H2,1-2H3,(H,28,31)/t23-/m1/s1. The Kier molecular flexibility index (Phi) is 7.93. The van der Waals surface area contributed by atoms with Crippen LogP contribution < -0.4 is 19.5 Å². The second-order valence-electron chi connectivity index (χ2n) is 8.97. The van der Waals surface area contributed by atoms with E-state index in [1.807, 2.05) is 49.4 Å². The van der Waals surface area contributed by atoms with Crippen LogP contribution in [-0.2, 0) is 22.6 Å². The van der Waals surface area contributed by atoms with Crippen LogP contribution in [0.2, 0.25) is 0 Å². The zero-order valence-corrected chi connectivity index (χ0v) is 20.0. The molecule has 2 aromatic carbocycles. The van der Waals surface area contributed by atoms with Crippen LogP contribution >= 0.6 is 0 Å². The summed E-state index contributed by atoms with van der Waals surface area (Å²) in [5.41, 5.74) is 1.94. The van der Waals surface area contributed by atoms with Crippen molar-refractivity contribution < 1.29 is 23.8 Å². The lowest BCUT2D eigenvalue weighted by molar-refractivity contribution is -0.141. The first-order valence-corrected chi connectivity index (χ1v) is 12.2. The monoisotopic (exact) mass is 466 g/mol. The van der Waals surface area contributed by atoms with Crippen LogP contribution in [-0.4, -0.2) is 42.7 Å². The molecule has 7 nitrogen and oxygen atoms in total. The molecule has 1 saturated carbocycles. The first-order chi connectivity index (χ1) is 16.6. The number of carbonyl (C=O) groups is 2. The van der Waals surface area contributed by atoms with Crippen LogP contribution in [0.15, 0.2) is 42.5 Å². The van der Waals surface area contributed by atoms with Crippen molar-refractivity contribution in [2.45, 2.75) is 70.5 Å². The molecule has 2 amide bonds. The van der Waals surface area contributed by atoms with Crippen LogP contribution in [0.5, 0.6) is 17.2 Å². The molecular weight excluding hydrogens is 432 g/mol. The van der Waals surface area contributed by atoms with E-state index in [0.717, 1.165) is 48.3 Å². The van der Waals surface area contributed by atoms with Crippen molar-refractivity contribution in [2.24, 2.45) is 0 Å². The summed E-state index contributed by atoms with van der Waals surface area (Å²) in [5, 5.41) is 3.19. The number of aryl methyl sites for hydroxylation is 1. The van der Waals surface area contributed by atoms with Gasteiger partial charge in [0, 0.05) is 19.0 Å². The molecule has 0 unspecified atom stereocenters. The number of hydrogen-bond donors (Lipinski definition) is 1. The highest BCUT2D eigenvalue weighted by Crippen LogP contribution is 2.33. The minimum Gasteiger partial charge on any atom is -0.497 e. The quantitative estimate of drug-likeness (QED) is 0.567. The van der Waals surface area contributed by atoms with Gasteiger partial charge in [0.1, 0.15) is 11.8 Å². The van der Waals surface area contributed by atoms with E-state index in [0.29, 0.717) is 31.6 Å². The molecule has 0 aromatic heterocycles. The molecule has 0 spiro atoms. The van der Waals surface area contributed by atoms with Crippen molar-refractivity contribution in [1.82, 2.24) is 10.2 Å². The van der Waals surface area contributed by atoms with E-state index in [4.69, 9.17) is 14.2 Å². The van der Waals surface area contributed by atoms with Gasteiger partial charge >= 0.3 is 0 Å². The maximum Gasteiger partial charge on any atom is 0.243 e. The summed E-state index contributed by atoms with van der Waals surface area (Å²) in [5.74, 6) is 2.06. The number of nitrogens with zero attached hydrogens (tertiary/aromatic N) is 1. The number of rotatable bonds is 10. The van der Waals surface area contributed by atoms with Crippen molar-refractivity contribution >= 4 is 11.8 Å². The number of fused-ring (bicyclic) bond motifs is 1. The largest absolute Gasteiger partial charge is 0.497 e. The van der Waals surface area contributed by atoms with Gasteiger partial charge in [-0.2, -0.15) is 0 Å². The van der Waals surface area contributed by atoms with Crippen molar-refractivity contribution in [2.75, 3.05) is 13.9 Å². The molecule has 1 aliphatic heterocycles. The smallest absolute Gasteiger partial charge is 0.243 e. The Hall–Kier alpha value is -3.22. The van der Waals surface area contributed by atoms with Crippen LogP contribution in [0, 0.1) is 0 Å². The van der Waals surface area contributed by atoms with Crippen molar-refractivity contribution in [3.8, 4) is 17.2 Å². The molecule has 1 fully saturated rings. The number of ether oxygens (including phenoxy) is 3. The summed E-state index contributed by atoms with van der Waals surface area (Å²) in [6.45, 7) is 2.54. The zero-order valence-electron chi connectivity index (χ0n) is 20.0. The topological polar surface area (TPSA) is 77.1 Å². The molecule has 182 valence electrons. The second kappa shape index (κ2) is 11.3. The molecule has 1 N–H and O–H groups in total. The second-order valence-corrected chi connectivity index (χ2v) is 8.97. The van der Waals surface area contributed by atoms with Crippen LogP contribution in [0.1, 0.15) is 56.6 Å². The number of hydrogen-bond acceptors (Lipinski definition) is 5. The lowest BCUT2D eigenvalue weighted by atomic mass is 10.0. The first-order valence-electron chi connectivity index (χ1n) is 12.2. The molecule has 1 heterocycles. The maximum atomic E-state index is 13.5. The molecule has 0 saturated heterocycles. The lowest BCUT2D eigenvalue weighted by Gasteiger charge is -2.31. The minimum absolute atomic E-state index is 0.0473. The van der Waals surface area contributed by atoms with E-state index >= 15 is 0 Å². The van der Waals surface area contributed by atoms with Crippen LogP contribution in [0.4, 0.5) is 0 Å². The first kappa shape index (κ1) is 23.9. The number of benzene rings is 2. The highest BCUT2D eigenvalue weighted by atomic mass is 16.7. The lowest BCUT2D eigenvalue weighted by Crippen LogP contribution is -2.51. The molecular formula is C27H34N2O5. The Labute approximate surface area is 201 Å². The number of nitrogens with one attached hydrogen (secondary N) is 1. The third-order valence-corrected chi connectivity index (χ3v) is 6.64. The van der Waals surface area contributed by atoms with Gasteiger partial charge in [-0.05, 0) is 61.1 Å². The summed E-state index contributed by atoms with van der Waals surface area (Å²) in [7, 11) is 1.62. The molecule has 1 atom stereocenters. The van der Waals surface area contributed by atoms with Gasteiger partial charge in [-0.3, -0.25) is 9.59 Å². The molecule has 34 heavy (non-hydrogen) atoms. The molecule has 2 aromatic rings. The average Bonchev–Trinajstić information content (AvgIpc) is 3.54. The predicted octanol–water partition coefficient (Wildman–Crippen LogP) is 4.22. The highest BCUT2D eigenvalue weighted by molar-refractivity contribution is 5.88. The molecule has 0 radical (unpaired) electrons. The van der Waals surface area contributed by atoms with Gasteiger partial charge in [-0.15, -0.1) is 0 Å². The van der Waals surface area contributed by atoms with Gasteiger partial charge in [-0.25, -0.2) is 0 Å². The van der Waals surface area contributed by atoms with Crippen LogP contribution in [0.25, 0.3) is 0 Å². The van der Waals surface area contributed by atoms with Gasteiger partial charge < -0.3 is 24.4 Å². The fraction of sp³-hybridized carbons (Fsp3) is 0.481. The Morgan fingerprint density at radius 2 is 1.88 bits per heavy atom. The minimum atomic E-state index is -0.518. The molecule has 7 heteroatoms. The van der Waals surface area contributed by atoms with E-state index in [9.17, 15) is 9.59 Å².